The third-order valence-corrected chi connectivity index (χ3v) is 28.3. The predicted octanol–water partition coefficient (Wildman–Crippen LogP) is 12.7. The number of nitrogens with zero attached hydrogens (tertiary/aromatic N) is 2. The summed E-state index contributed by atoms with van der Waals surface area (Å²) < 4.78 is 54.1. The molecule has 14 rings (SSSR count). The first-order valence-electron chi connectivity index (χ1n) is 38.6. The molecule has 0 aromatic heterocycles. The van der Waals surface area contributed by atoms with Crippen molar-refractivity contribution in [2.24, 2.45) is 75.7 Å². The van der Waals surface area contributed by atoms with Crippen LogP contribution in [0.3, 0.4) is 0 Å². The summed E-state index contributed by atoms with van der Waals surface area (Å²) in [7, 11) is 0. The number of ether oxygens (including phenoxy) is 2. The number of carbonyl (C=O) groups is 4. The summed E-state index contributed by atoms with van der Waals surface area (Å²) in [5, 5.41) is 28.4. The molecule has 3 amide bonds. The van der Waals surface area contributed by atoms with E-state index in [9.17, 15) is 42.6 Å². The van der Waals surface area contributed by atoms with Crippen LogP contribution < -0.4 is 21.7 Å². The maximum atomic E-state index is 13.2. The number of allylic oxidation sites excluding steroid dienone is 4. The lowest BCUT2D eigenvalue weighted by atomic mass is 9.56. The number of aliphatic hydroxyl groups is 2. The van der Waals surface area contributed by atoms with Gasteiger partial charge in [0.2, 0.25) is 11.8 Å². The average molecular weight is 1370 g/mol. The molecule has 8 aliphatic carbocycles. The van der Waals surface area contributed by atoms with Crippen molar-refractivity contribution in [1.29, 1.82) is 0 Å². The van der Waals surface area contributed by atoms with E-state index in [1.54, 1.807) is 76.9 Å². The Balaban J connectivity index is 0.000000221. The zero-order valence-corrected chi connectivity index (χ0v) is 60.4. The van der Waals surface area contributed by atoms with E-state index in [0.29, 0.717) is 108 Å². The second-order valence-corrected chi connectivity index (χ2v) is 33.8. The zero-order valence-electron chi connectivity index (χ0n) is 60.4. The van der Waals surface area contributed by atoms with Crippen LogP contribution in [0.4, 0.5) is 13.2 Å². The number of nitrogens with one attached hydrogen (secondary N) is 3. The maximum Gasteiger partial charge on any atom is 0.471 e. The van der Waals surface area contributed by atoms with Crippen molar-refractivity contribution in [2.45, 2.75) is 250 Å². The van der Waals surface area contributed by atoms with Gasteiger partial charge in [0.25, 0.3) is 0 Å². The number of ketones is 1. The first kappa shape index (κ1) is 72.3. The van der Waals surface area contributed by atoms with Crippen molar-refractivity contribution in [3.63, 3.8) is 0 Å². The normalized spacial score (nSPS) is 38.6. The summed E-state index contributed by atoms with van der Waals surface area (Å²) in [6.07, 6.45) is 19.5. The Hall–Kier alpha value is -5.01. The first-order valence-corrected chi connectivity index (χ1v) is 38.6. The lowest BCUT2D eigenvalue weighted by Crippen LogP contribution is -2.54. The molecule has 4 saturated carbocycles. The number of rotatable bonds is 17. The van der Waals surface area contributed by atoms with Crippen molar-refractivity contribution < 1.29 is 52.0 Å². The van der Waals surface area contributed by atoms with Crippen molar-refractivity contribution in [1.82, 2.24) is 25.8 Å². The van der Waals surface area contributed by atoms with Crippen LogP contribution >= 0.6 is 0 Å². The van der Waals surface area contributed by atoms with Crippen LogP contribution in [0.2, 0.25) is 0 Å². The number of benzene rings is 2. The van der Waals surface area contributed by atoms with Gasteiger partial charge < -0.3 is 41.4 Å². The van der Waals surface area contributed by atoms with E-state index < -0.39 is 24.0 Å². The quantitative estimate of drug-likeness (QED) is 0.0501. The molecule has 542 valence electrons. The fourth-order valence-electron chi connectivity index (χ4n) is 23.2. The predicted molar refractivity (Wildman–Crippen MR) is 379 cm³/mol. The van der Waals surface area contributed by atoms with E-state index in [-0.39, 0.29) is 65.6 Å². The number of carbonyl (C=O) groups excluding carboxylic acids is 4. The van der Waals surface area contributed by atoms with Crippen LogP contribution in [0.25, 0.3) is 0 Å². The topological polar surface area (TPSA) is 196 Å². The molecule has 4 saturated heterocycles. The molecule has 2 spiro atoms. The Morgan fingerprint density at radius 3 is 1.68 bits per heavy atom. The van der Waals surface area contributed by atoms with Gasteiger partial charge in [0.1, 0.15) is 6.04 Å². The minimum Gasteiger partial charge on any atom is -0.393 e. The fourth-order valence-corrected chi connectivity index (χ4v) is 23.2. The van der Waals surface area contributed by atoms with Gasteiger partial charge in [0.15, 0.2) is 5.78 Å². The second-order valence-electron chi connectivity index (χ2n) is 33.8. The Morgan fingerprint density at radius 2 is 1.16 bits per heavy atom. The highest BCUT2D eigenvalue weighted by Gasteiger charge is 2.64. The third kappa shape index (κ3) is 13.7. The smallest absolute Gasteiger partial charge is 0.393 e. The van der Waals surface area contributed by atoms with Gasteiger partial charge >= 0.3 is 12.1 Å². The molecule has 0 radical (unpaired) electrons. The summed E-state index contributed by atoms with van der Waals surface area (Å²) in [4.78, 5) is 56.0. The van der Waals surface area contributed by atoms with Gasteiger partial charge in [-0.2, -0.15) is 13.2 Å². The number of amides is 3. The molecule has 14 nitrogen and oxygen atoms in total. The summed E-state index contributed by atoms with van der Waals surface area (Å²) >= 11 is 0. The number of alkyl halides is 3. The molecule has 2 aromatic rings. The number of hydrogen-bond acceptors (Lipinski definition) is 11. The molecule has 12 aliphatic rings. The van der Waals surface area contributed by atoms with E-state index in [1.165, 1.54) is 56.2 Å². The van der Waals surface area contributed by atoms with Gasteiger partial charge in [-0.25, -0.2) is 0 Å². The minimum absolute atomic E-state index is 0.0420. The van der Waals surface area contributed by atoms with Gasteiger partial charge in [0, 0.05) is 93.7 Å². The van der Waals surface area contributed by atoms with Gasteiger partial charge in [0.05, 0.1) is 35.6 Å². The number of piperidine rings is 2. The Labute approximate surface area is 587 Å². The molecule has 2 aromatic carbocycles. The number of unbranched alkanes of at least 4 members (excludes halogenated alkanes) is 2. The van der Waals surface area contributed by atoms with E-state index in [1.807, 2.05) is 5.32 Å². The molecule has 21 atom stereocenters. The number of fused-ring (bicyclic) bond motifs is 12. The van der Waals surface area contributed by atoms with E-state index in [2.05, 4.69) is 88.0 Å². The van der Waals surface area contributed by atoms with Crippen LogP contribution in [0, 0.1) is 70.0 Å². The molecular formula is C82H115F3N6O8. The van der Waals surface area contributed by atoms with E-state index >= 15 is 0 Å². The molecule has 0 bridgehead atoms. The van der Waals surface area contributed by atoms with Crippen LogP contribution in [-0.4, -0.2) is 149 Å². The van der Waals surface area contributed by atoms with E-state index in [4.69, 9.17) is 15.2 Å². The molecule has 2 unspecified atom stereocenters. The average Bonchev–Trinajstić information content (AvgIpc) is 1.56. The molecule has 17 heteroatoms. The molecular weight excluding hydrogens is 1250 g/mol. The van der Waals surface area contributed by atoms with Crippen molar-refractivity contribution in [3.05, 3.63) is 117 Å². The standard InChI is InChI=1S/C53H69F3N4O6.C29H46N2O2/c1-32-27-45-47(34(3)52(66-45)23-21-40-41-19-18-38-29-39(61)20-22-51(38,4)43(41)30-42(40)33(52)2)60(31-32)26-25-57-46(62)13-9-6-10-24-58-49(64)44(59-50(65)53(54,55)56)28-35-14-16-37(17-15-35)48(63)36-11-7-5-8-12-36;1-17-13-26-27(31(16-17)12-11-30)19(3)29(33-26)10-8-22-23-6-5-20-14-21(32)7-9-28(20,4)25(23)15-24(22)18(29)2/h5,7-8,11-12,14-18,32,34,39-41,43-45,47,61H,6,9-10,13,19-31H2,1-4H3,(H,57,62)(H,58,64)(H,59,65);5,17,19,21-23,25-27,32H,6-16,30H2,1-4H3/t32-,34+,39-,40-,41-,43-,44-,45+,47-,51-,52?;17-,19+,21-,22-,23-,25-,26+,27-,28-,29?/m00/s1. The number of hydrogen-bond donors (Lipinski definition) is 6. The monoisotopic (exact) mass is 1370 g/mol. The summed E-state index contributed by atoms with van der Waals surface area (Å²) in [5.41, 5.74) is 17.1. The zero-order chi connectivity index (χ0) is 70.1. The number of aliphatic hydroxyl groups excluding tert-OH is 2. The Bertz CT molecular complexity index is 3450. The molecule has 4 aliphatic heterocycles. The lowest BCUT2D eigenvalue weighted by Gasteiger charge is -2.49. The Morgan fingerprint density at radius 1 is 0.646 bits per heavy atom. The van der Waals surface area contributed by atoms with Crippen LogP contribution in [0.5, 0.6) is 0 Å². The van der Waals surface area contributed by atoms with E-state index in [0.717, 1.165) is 108 Å². The van der Waals surface area contributed by atoms with Gasteiger partial charge in [-0.1, -0.05) is 137 Å². The SMILES string of the molecule is CC1=C2C[C@H]3[C@@H](CC=C4C[C@@H](O)CC[C@@]43C)[C@@H]2CCC12O[C@@H]1C[C@H](C)CN(CCN)[C@H]1[C@H]2C.CC1=C2C[C@H]3[C@@H](CC=C4C[C@@H](O)CC[C@@]43C)[C@@H]2CCC12O[C@@H]1C[C@H](C)CN(CCNC(=O)CCCCCNC(=O)[C@H](Cc3ccc(C(=O)c4ccccc4)cc3)NC(=O)C(F)(F)F)[C@H]1[C@H]2C. The van der Waals surface area contributed by atoms with Crippen molar-refractivity contribution in [3.8, 4) is 0 Å². The van der Waals surface area contributed by atoms with Crippen molar-refractivity contribution >= 4 is 23.5 Å². The number of halogens is 3. The highest BCUT2D eigenvalue weighted by molar-refractivity contribution is 6.09. The highest BCUT2D eigenvalue weighted by atomic mass is 19.4. The third-order valence-electron chi connectivity index (χ3n) is 28.3. The number of nitrogens with two attached hydrogens (primary N) is 1. The fraction of sp³-hybridized carbons (Fsp3) is 0.707. The molecule has 7 N–H and O–H groups in total. The summed E-state index contributed by atoms with van der Waals surface area (Å²) in [6, 6.07) is 14.2. The Kier molecular flexibility index (Phi) is 21.1. The van der Waals surface area contributed by atoms with Crippen LogP contribution in [0.1, 0.15) is 205 Å². The van der Waals surface area contributed by atoms with Gasteiger partial charge in [-0.05, 0) is 204 Å². The van der Waals surface area contributed by atoms with Gasteiger partial charge in [-0.15, -0.1) is 0 Å². The van der Waals surface area contributed by atoms with Crippen molar-refractivity contribution in [2.75, 3.05) is 45.8 Å². The molecule has 4 heterocycles. The molecule has 99 heavy (non-hydrogen) atoms. The highest BCUT2D eigenvalue weighted by Crippen LogP contribution is 2.67. The van der Waals surface area contributed by atoms with Gasteiger partial charge in [-0.3, -0.25) is 29.0 Å². The maximum absolute atomic E-state index is 13.2. The minimum atomic E-state index is -5.17. The summed E-state index contributed by atoms with van der Waals surface area (Å²) in [6.45, 7) is 24.7. The second kappa shape index (κ2) is 28.9. The summed E-state index contributed by atoms with van der Waals surface area (Å²) in [5.74, 6) is 3.05. The molecule has 8 fully saturated rings. The largest absolute Gasteiger partial charge is 0.471 e. The first-order chi connectivity index (χ1) is 47.3. The lowest BCUT2D eigenvalue weighted by molar-refractivity contribution is -0.174. The van der Waals surface area contributed by atoms with Crippen LogP contribution in [0.15, 0.2) is 100 Å². The number of likely N-dealkylation sites (tertiary alicyclic amines) is 2. The van der Waals surface area contributed by atoms with Crippen LogP contribution in [-0.2, 0) is 30.3 Å².